The highest BCUT2D eigenvalue weighted by molar-refractivity contribution is 6.32. The second-order valence-corrected chi connectivity index (χ2v) is 5.37. The molecule has 1 aromatic heterocycles. The Labute approximate surface area is 132 Å². The van der Waals surface area contributed by atoms with Crippen LogP contribution in [-0.4, -0.2) is 17.5 Å². The zero-order valence-electron chi connectivity index (χ0n) is 12.4. The van der Waals surface area contributed by atoms with Gasteiger partial charge in [0.15, 0.2) is 17.3 Å². The van der Waals surface area contributed by atoms with Gasteiger partial charge in [0, 0.05) is 41.9 Å². The van der Waals surface area contributed by atoms with E-state index >= 15 is 0 Å². The fourth-order valence-corrected chi connectivity index (χ4v) is 2.48. The second kappa shape index (κ2) is 6.32. The van der Waals surface area contributed by atoms with E-state index in [4.69, 9.17) is 16.3 Å². The Bertz CT molecular complexity index is 785. The quantitative estimate of drug-likeness (QED) is 0.812. The van der Waals surface area contributed by atoms with Crippen molar-refractivity contribution in [1.29, 1.82) is 0 Å². The predicted molar refractivity (Wildman–Crippen MR) is 82.4 cm³/mol. The van der Waals surface area contributed by atoms with Crippen LogP contribution >= 0.6 is 11.6 Å². The average molecular weight is 324 g/mol. The summed E-state index contributed by atoms with van der Waals surface area (Å²) in [5.74, 6) is -1.45. The first kappa shape index (κ1) is 16.2. The maximum Gasteiger partial charge on any atom is 0.250 e. The number of methoxy groups -OCH3 is 1. The third-order valence-corrected chi connectivity index (χ3v) is 3.83. The van der Waals surface area contributed by atoms with Gasteiger partial charge in [0.05, 0.1) is 7.11 Å². The summed E-state index contributed by atoms with van der Waals surface area (Å²) < 4.78 is 20.0. The van der Waals surface area contributed by atoms with Crippen molar-refractivity contribution < 1.29 is 13.9 Å². The molecule has 4 nitrogen and oxygen atoms in total. The van der Waals surface area contributed by atoms with Gasteiger partial charge in [-0.2, -0.15) is 0 Å². The van der Waals surface area contributed by atoms with Crippen LogP contribution in [0.25, 0.3) is 0 Å². The number of ether oxygens (including phenoxy) is 1. The van der Waals surface area contributed by atoms with E-state index in [0.717, 1.165) is 0 Å². The molecule has 1 aromatic carbocycles. The van der Waals surface area contributed by atoms with Gasteiger partial charge in [0.2, 0.25) is 5.56 Å². The lowest BCUT2D eigenvalue weighted by molar-refractivity contribution is 0.0965. The Morgan fingerprint density at radius 3 is 2.64 bits per heavy atom. The number of pyridine rings is 1. The molecule has 0 saturated heterocycles. The lowest BCUT2D eigenvalue weighted by Gasteiger charge is -2.14. The molecule has 0 fully saturated rings. The first-order valence-corrected chi connectivity index (χ1v) is 6.96. The van der Waals surface area contributed by atoms with Gasteiger partial charge in [-0.15, -0.1) is 0 Å². The minimum atomic E-state index is -0.648. The number of halogens is 2. The van der Waals surface area contributed by atoms with Gasteiger partial charge in [-0.25, -0.2) is 4.39 Å². The van der Waals surface area contributed by atoms with Crippen LogP contribution in [0.15, 0.2) is 35.3 Å². The summed E-state index contributed by atoms with van der Waals surface area (Å²) >= 11 is 6.11. The number of benzene rings is 1. The highest BCUT2D eigenvalue weighted by Crippen LogP contribution is 2.32. The summed E-state index contributed by atoms with van der Waals surface area (Å²) in [5.41, 5.74) is 0.526. The molecule has 0 aliphatic carbocycles. The molecule has 1 atom stereocenters. The number of rotatable bonds is 4. The van der Waals surface area contributed by atoms with Gasteiger partial charge in [-0.05, 0) is 17.7 Å². The lowest BCUT2D eigenvalue weighted by atomic mass is 9.92. The van der Waals surface area contributed by atoms with Crippen molar-refractivity contribution in [3.8, 4) is 5.75 Å². The summed E-state index contributed by atoms with van der Waals surface area (Å²) in [6.45, 7) is 1.64. The van der Waals surface area contributed by atoms with E-state index in [0.29, 0.717) is 11.1 Å². The summed E-state index contributed by atoms with van der Waals surface area (Å²) in [6, 6.07) is 5.31. The van der Waals surface area contributed by atoms with E-state index in [9.17, 15) is 14.0 Å². The van der Waals surface area contributed by atoms with Gasteiger partial charge in [-0.1, -0.05) is 18.5 Å². The van der Waals surface area contributed by atoms with Crippen molar-refractivity contribution in [1.82, 2.24) is 4.57 Å². The number of hydrogen-bond acceptors (Lipinski definition) is 3. The fraction of sp³-hybridized carbons (Fsp3) is 0.250. The summed E-state index contributed by atoms with van der Waals surface area (Å²) in [5, 5.41) is 0.254. The molecule has 6 heteroatoms. The van der Waals surface area contributed by atoms with Crippen LogP contribution in [0, 0.1) is 5.82 Å². The largest absolute Gasteiger partial charge is 0.494 e. The Kier molecular flexibility index (Phi) is 4.66. The van der Waals surface area contributed by atoms with E-state index in [-0.39, 0.29) is 22.1 Å². The van der Waals surface area contributed by atoms with Crippen molar-refractivity contribution in [3.05, 3.63) is 62.8 Å². The van der Waals surface area contributed by atoms with Crippen LogP contribution in [0.1, 0.15) is 28.8 Å². The first-order valence-electron chi connectivity index (χ1n) is 6.59. The van der Waals surface area contributed by atoms with Gasteiger partial charge in [0.1, 0.15) is 0 Å². The smallest absolute Gasteiger partial charge is 0.250 e. The number of Topliss-reactive ketones (excluding diaryl/α,β-unsaturated/α-hetero) is 1. The normalized spacial score (nSPS) is 12.0. The van der Waals surface area contributed by atoms with Crippen LogP contribution in [0.2, 0.25) is 5.02 Å². The van der Waals surface area contributed by atoms with Gasteiger partial charge in [0.25, 0.3) is 0 Å². The molecule has 0 N–H and O–H groups in total. The third-order valence-electron chi connectivity index (χ3n) is 3.50. The molecule has 116 valence electrons. The minimum absolute atomic E-state index is 0.0236. The predicted octanol–water partition coefficient (Wildman–Crippen LogP) is 3.17. The highest BCUT2D eigenvalue weighted by atomic mass is 35.5. The summed E-state index contributed by atoms with van der Waals surface area (Å²) in [6.07, 6.45) is 1.45. The zero-order valence-corrected chi connectivity index (χ0v) is 13.1. The molecule has 2 aromatic rings. The van der Waals surface area contributed by atoms with Crippen molar-refractivity contribution in [3.63, 3.8) is 0 Å². The molecule has 1 heterocycles. The van der Waals surface area contributed by atoms with Crippen molar-refractivity contribution in [2.45, 2.75) is 12.8 Å². The molecule has 0 aliphatic heterocycles. The molecular weight excluding hydrogens is 309 g/mol. The van der Waals surface area contributed by atoms with Gasteiger partial charge < -0.3 is 9.30 Å². The van der Waals surface area contributed by atoms with E-state index in [1.54, 1.807) is 14.0 Å². The lowest BCUT2D eigenvalue weighted by Crippen LogP contribution is -2.18. The molecule has 0 aliphatic rings. The number of nitrogens with zero attached hydrogens (tertiary/aromatic N) is 1. The zero-order chi connectivity index (χ0) is 16.4. The average Bonchev–Trinajstić information content (AvgIpc) is 2.50. The first-order chi connectivity index (χ1) is 10.3. The topological polar surface area (TPSA) is 48.3 Å². The Balaban J connectivity index is 2.40. The molecule has 0 amide bonds. The molecule has 0 spiro atoms. The molecule has 2 rings (SSSR count). The van der Waals surface area contributed by atoms with Gasteiger partial charge in [-0.3, -0.25) is 9.59 Å². The van der Waals surface area contributed by atoms with E-state index in [1.807, 2.05) is 0 Å². The molecule has 0 radical (unpaired) electrons. The van der Waals surface area contributed by atoms with Crippen molar-refractivity contribution in [2.75, 3.05) is 7.11 Å². The number of ketones is 1. The molecule has 22 heavy (non-hydrogen) atoms. The second-order valence-electron chi connectivity index (χ2n) is 4.96. The van der Waals surface area contributed by atoms with Crippen molar-refractivity contribution in [2.24, 2.45) is 7.05 Å². The maximum atomic E-state index is 13.8. The highest BCUT2D eigenvalue weighted by Gasteiger charge is 2.22. The third kappa shape index (κ3) is 3.04. The molecule has 1 unspecified atom stereocenters. The monoisotopic (exact) mass is 323 g/mol. The number of carbonyl (C=O) groups is 1. The summed E-state index contributed by atoms with van der Waals surface area (Å²) in [7, 11) is 2.90. The van der Waals surface area contributed by atoms with Crippen LogP contribution in [0.4, 0.5) is 4.39 Å². The van der Waals surface area contributed by atoms with Crippen molar-refractivity contribution >= 4 is 17.4 Å². The Hall–Kier alpha value is -2.14. The summed E-state index contributed by atoms with van der Waals surface area (Å²) in [4.78, 5) is 23.9. The van der Waals surface area contributed by atoms with Crippen LogP contribution < -0.4 is 10.3 Å². The number of carbonyl (C=O) groups excluding carboxylic acids is 1. The maximum absolute atomic E-state index is 13.8. The van der Waals surface area contributed by atoms with E-state index in [2.05, 4.69) is 0 Å². The van der Waals surface area contributed by atoms with Crippen LogP contribution in [0.5, 0.6) is 5.75 Å². The minimum Gasteiger partial charge on any atom is -0.494 e. The number of hydrogen-bond donors (Lipinski definition) is 0. The Morgan fingerprint density at radius 1 is 1.36 bits per heavy atom. The molecular formula is C16H15ClFNO3. The van der Waals surface area contributed by atoms with E-state index < -0.39 is 11.7 Å². The van der Waals surface area contributed by atoms with Crippen LogP contribution in [0.3, 0.4) is 0 Å². The SMILES string of the molecule is COc1cc(Cl)c(C(C)C(=O)c2ccc(=O)n(C)c2)cc1F. The number of aromatic nitrogens is 1. The number of aryl methyl sites for hydroxylation is 1. The molecule has 0 saturated carbocycles. The van der Waals surface area contributed by atoms with Gasteiger partial charge >= 0.3 is 0 Å². The Morgan fingerprint density at radius 2 is 2.05 bits per heavy atom. The van der Waals surface area contributed by atoms with E-state index in [1.165, 1.54) is 42.1 Å². The fourth-order valence-electron chi connectivity index (χ4n) is 2.16. The standard InChI is InChI=1S/C16H15ClFNO3/c1-9(11-6-13(18)14(22-3)7-12(11)17)16(21)10-4-5-15(20)19(2)8-10/h4-9H,1-3H3. The molecule has 0 bridgehead atoms. The van der Waals surface area contributed by atoms with Crippen LogP contribution in [-0.2, 0) is 7.05 Å².